The molecule has 0 radical (unpaired) electrons. The molecule has 68 valence electrons. The number of para-hydroxylation sites is 1. The molecule has 2 heteroatoms. The molecular weight excluding hydrogens is 165 g/mol. The van der Waals surface area contributed by atoms with Gasteiger partial charge in [-0.05, 0) is 19.9 Å². The van der Waals surface area contributed by atoms with E-state index in [0.717, 1.165) is 10.9 Å². The summed E-state index contributed by atoms with van der Waals surface area (Å²) in [5, 5.41) is 0.966. The topological polar surface area (TPSA) is 4.93 Å². The van der Waals surface area contributed by atoms with Crippen molar-refractivity contribution in [1.82, 2.24) is 4.57 Å². The van der Waals surface area contributed by atoms with Crippen molar-refractivity contribution in [3.63, 3.8) is 0 Å². The van der Waals surface area contributed by atoms with Crippen molar-refractivity contribution < 1.29 is 4.39 Å². The molecule has 2 aromatic rings. The summed E-state index contributed by atoms with van der Waals surface area (Å²) in [6.07, 6.45) is 0. The molecule has 0 N–H and O–H groups in total. The van der Waals surface area contributed by atoms with Crippen molar-refractivity contribution in [3.05, 3.63) is 36.3 Å². The van der Waals surface area contributed by atoms with Crippen LogP contribution in [0.4, 0.5) is 4.39 Å². The molecule has 0 amide bonds. The maximum absolute atomic E-state index is 13.4. The van der Waals surface area contributed by atoms with E-state index in [0.29, 0.717) is 0 Å². The van der Waals surface area contributed by atoms with Gasteiger partial charge in [0.25, 0.3) is 0 Å². The summed E-state index contributed by atoms with van der Waals surface area (Å²) in [6, 6.07) is 9.47. The minimum atomic E-state index is -0.156. The zero-order chi connectivity index (χ0) is 9.42. The highest BCUT2D eigenvalue weighted by Crippen LogP contribution is 2.22. The quantitative estimate of drug-likeness (QED) is 0.629. The van der Waals surface area contributed by atoms with Crippen LogP contribution in [-0.4, -0.2) is 4.57 Å². The number of benzene rings is 1. The Morgan fingerprint density at radius 3 is 2.62 bits per heavy atom. The minimum Gasteiger partial charge on any atom is -0.315 e. The molecule has 0 aliphatic carbocycles. The Kier molecular flexibility index (Phi) is 1.83. The average Bonchev–Trinajstić information content (AvgIpc) is 2.39. The van der Waals surface area contributed by atoms with Gasteiger partial charge in [-0.1, -0.05) is 18.2 Å². The van der Waals surface area contributed by atoms with Crippen LogP contribution >= 0.6 is 0 Å². The molecule has 0 aliphatic heterocycles. The van der Waals surface area contributed by atoms with E-state index in [9.17, 15) is 4.39 Å². The van der Waals surface area contributed by atoms with E-state index in [1.165, 1.54) is 0 Å². The van der Waals surface area contributed by atoms with Gasteiger partial charge in [-0.15, -0.1) is 0 Å². The van der Waals surface area contributed by atoms with Gasteiger partial charge in [0.1, 0.15) is 0 Å². The van der Waals surface area contributed by atoms with Gasteiger partial charge in [0, 0.05) is 17.5 Å². The largest absolute Gasteiger partial charge is 0.315 e. The highest BCUT2D eigenvalue weighted by molar-refractivity contribution is 5.80. The maximum Gasteiger partial charge on any atom is 0.194 e. The Labute approximate surface area is 76.8 Å². The van der Waals surface area contributed by atoms with Crippen molar-refractivity contribution in [2.75, 3.05) is 0 Å². The number of hydrogen-bond donors (Lipinski definition) is 0. The van der Waals surface area contributed by atoms with Gasteiger partial charge >= 0.3 is 0 Å². The maximum atomic E-state index is 13.4. The van der Waals surface area contributed by atoms with Gasteiger partial charge in [-0.2, -0.15) is 4.39 Å². The molecule has 1 nitrogen and oxygen atoms in total. The van der Waals surface area contributed by atoms with Gasteiger partial charge < -0.3 is 4.57 Å². The van der Waals surface area contributed by atoms with Gasteiger partial charge in [0.05, 0.1) is 5.52 Å². The lowest BCUT2D eigenvalue weighted by atomic mass is 10.2. The van der Waals surface area contributed by atoms with Crippen LogP contribution in [-0.2, 0) is 0 Å². The average molecular weight is 177 g/mol. The van der Waals surface area contributed by atoms with Crippen molar-refractivity contribution >= 4 is 10.9 Å². The number of fused-ring (bicyclic) bond motifs is 1. The third kappa shape index (κ3) is 1.22. The monoisotopic (exact) mass is 177 g/mol. The summed E-state index contributed by atoms with van der Waals surface area (Å²) in [5.41, 5.74) is 0.968. The number of rotatable bonds is 1. The van der Waals surface area contributed by atoms with E-state index in [4.69, 9.17) is 0 Å². The first kappa shape index (κ1) is 8.30. The van der Waals surface area contributed by atoms with E-state index >= 15 is 0 Å². The molecule has 1 aromatic heterocycles. The molecule has 0 saturated heterocycles. The molecule has 0 unspecified atom stereocenters. The number of hydrogen-bond acceptors (Lipinski definition) is 0. The molecule has 0 bridgehead atoms. The van der Waals surface area contributed by atoms with E-state index in [1.54, 1.807) is 10.6 Å². The first-order valence-electron chi connectivity index (χ1n) is 4.45. The summed E-state index contributed by atoms with van der Waals surface area (Å²) in [7, 11) is 0. The fourth-order valence-electron chi connectivity index (χ4n) is 1.67. The number of nitrogens with zero attached hydrogens (tertiary/aromatic N) is 1. The lowest BCUT2D eigenvalue weighted by Crippen LogP contribution is -2.02. The van der Waals surface area contributed by atoms with Crippen LogP contribution in [0.15, 0.2) is 30.3 Å². The Morgan fingerprint density at radius 1 is 1.23 bits per heavy atom. The Hall–Kier alpha value is -1.31. The molecule has 0 spiro atoms. The first-order valence-corrected chi connectivity index (χ1v) is 4.45. The van der Waals surface area contributed by atoms with Crippen molar-refractivity contribution in [2.45, 2.75) is 19.9 Å². The highest BCUT2D eigenvalue weighted by Gasteiger charge is 2.09. The molecule has 13 heavy (non-hydrogen) atoms. The van der Waals surface area contributed by atoms with Crippen LogP contribution in [0.25, 0.3) is 10.9 Å². The zero-order valence-electron chi connectivity index (χ0n) is 7.79. The Balaban J connectivity index is 2.78. The van der Waals surface area contributed by atoms with Crippen molar-refractivity contribution in [2.24, 2.45) is 0 Å². The molecule has 0 saturated carbocycles. The second-order valence-corrected chi connectivity index (χ2v) is 3.49. The van der Waals surface area contributed by atoms with Crippen LogP contribution < -0.4 is 0 Å². The molecule has 1 aromatic carbocycles. The Bertz CT molecular complexity index is 429. The third-order valence-electron chi connectivity index (χ3n) is 2.22. The molecule has 0 atom stereocenters. The number of halogens is 1. The predicted molar refractivity (Wildman–Crippen MR) is 52.3 cm³/mol. The second-order valence-electron chi connectivity index (χ2n) is 3.49. The van der Waals surface area contributed by atoms with E-state index < -0.39 is 0 Å². The second kappa shape index (κ2) is 2.87. The van der Waals surface area contributed by atoms with Crippen LogP contribution in [0.2, 0.25) is 0 Å². The van der Waals surface area contributed by atoms with Crippen LogP contribution in [0.3, 0.4) is 0 Å². The van der Waals surface area contributed by atoms with Gasteiger partial charge in [0.2, 0.25) is 0 Å². The summed E-state index contributed by atoms with van der Waals surface area (Å²) in [5.74, 6) is -0.156. The zero-order valence-corrected chi connectivity index (χ0v) is 7.79. The Morgan fingerprint density at radius 2 is 1.92 bits per heavy atom. The molecule has 0 fully saturated rings. The normalized spacial score (nSPS) is 11.4. The van der Waals surface area contributed by atoms with Crippen molar-refractivity contribution in [3.8, 4) is 0 Å². The van der Waals surface area contributed by atoms with Crippen molar-refractivity contribution in [1.29, 1.82) is 0 Å². The third-order valence-corrected chi connectivity index (χ3v) is 2.22. The number of aromatic nitrogens is 1. The fraction of sp³-hybridized carbons (Fsp3) is 0.273. The predicted octanol–water partition coefficient (Wildman–Crippen LogP) is 3.36. The molecule has 1 heterocycles. The molecule has 0 aliphatic rings. The lowest BCUT2D eigenvalue weighted by molar-refractivity contribution is 0.468. The fourth-order valence-corrected chi connectivity index (χ4v) is 1.67. The highest BCUT2D eigenvalue weighted by atomic mass is 19.1. The van der Waals surface area contributed by atoms with E-state index in [-0.39, 0.29) is 12.0 Å². The molecule has 2 rings (SSSR count). The lowest BCUT2D eigenvalue weighted by Gasteiger charge is -2.09. The van der Waals surface area contributed by atoms with Gasteiger partial charge in [0.15, 0.2) is 5.95 Å². The SMILES string of the molecule is CC(C)n1c(F)cc2ccccc21. The minimum absolute atomic E-state index is 0.156. The summed E-state index contributed by atoms with van der Waals surface area (Å²) in [4.78, 5) is 0. The smallest absolute Gasteiger partial charge is 0.194 e. The van der Waals surface area contributed by atoms with Gasteiger partial charge in [-0.25, -0.2) is 0 Å². The summed E-state index contributed by atoms with van der Waals surface area (Å²) in [6.45, 7) is 3.96. The van der Waals surface area contributed by atoms with Gasteiger partial charge in [-0.3, -0.25) is 0 Å². The summed E-state index contributed by atoms with van der Waals surface area (Å²) < 4.78 is 15.1. The van der Waals surface area contributed by atoms with Crippen LogP contribution in [0, 0.1) is 5.95 Å². The molecular formula is C11H12FN. The van der Waals surface area contributed by atoms with Crippen LogP contribution in [0.1, 0.15) is 19.9 Å². The van der Waals surface area contributed by atoms with E-state index in [2.05, 4.69) is 0 Å². The van der Waals surface area contributed by atoms with E-state index in [1.807, 2.05) is 38.1 Å². The van der Waals surface area contributed by atoms with Crippen LogP contribution in [0.5, 0.6) is 0 Å². The summed E-state index contributed by atoms with van der Waals surface area (Å²) >= 11 is 0. The standard InChI is InChI=1S/C11H12FN/c1-8(2)13-10-6-4-3-5-9(10)7-11(13)12/h3-8H,1-2H3. The first-order chi connectivity index (χ1) is 6.20.